The van der Waals surface area contributed by atoms with Crippen molar-refractivity contribution in [3.05, 3.63) is 0 Å². The Bertz CT molecular complexity index is 796. The molecule has 2 N–H and O–H groups in total. The fraction of sp³-hybridized carbons (Fsp3) is 0.750. The Labute approximate surface area is 201 Å². The van der Waals surface area contributed by atoms with Crippen molar-refractivity contribution in [1.82, 2.24) is 20.7 Å². The minimum absolute atomic E-state index is 0.288. The molecule has 4 amide bonds. The van der Waals surface area contributed by atoms with E-state index in [1.165, 1.54) is 9.80 Å². The molecule has 0 unspecified atom stereocenters. The molecule has 2 heterocycles. The molecule has 0 saturated carbocycles. The molecule has 2 aliphatic rings. The standard InChI is InChI=1S/C24H38N4O6/c1-7-23(3,4)17(29)21(33)27-13-9-11-15(27)19(31)25-26-20(32)16-12-10-14-28(16)22(34)18(30)24(5,6)8-2/h15-16H,7-14H2,1-6H3,(H,25,31)(H,26,32)/t15-,16-/m0/s1. The first-order valence-electron chi connectivity index (χ1n) is 12.1. The number of likely N-dealkylation sites (tertiary alicyclic amines) is 2. The van der Waals surface area contributed by atoms with Crippen molar-refractivity contribution in [3.63, 3.8) is 0 Å². The molecule has 2 saturated heterocycles. The van der Waals surface area contributed by atoms with Crippen molar-refractivity contribution in [3.8, 4) is 0 Å². The van der Waals surface area contributed by atoms with Crippen LogP contribution in [-0.4, -0.2) is 70.2 Å². The predicted octanol–water partition coefficient (Wildman–Crippen LogP) is 1.13. The average Bonchev–Trinajstić information content (AvgIpc) is 3.50. The predicted molar refractivity (Wildman–Crippen MR) is 124 cm³/mol. The van der Waals surface area contributed by atoms with Gasteiger partial charge in [0.15, 0.2) is 0 Å². The van der Waals surface area contributed by atoms with Gasteiger partial charge in [0.05, 0.1) is 0 Å². The van der Waals surface area contributed by atoms with Crippen LogP contribution in [0.1, 0.15) is 80.1 Å². The molecule has 34 heavy (non-hydrogen) atoms. The molecule has 2 aliphatic heterocycles. The van der Waals surface area contributed by atoms with Crippen LogP contribution in [0, 0.1) is 10.8 Å². The van der Waals surface area contributed by atoms with Gasteiger partial charge in [0.2, 0.25) is 11.6 Å². The zero-order valence-corrected chi connectivity index (χ0v) is 21.2. The zero-order valence-electron chi connectivity index (χ0n) is 21.2. The molecule has 10 heteroatoms. The van der Waals surface area contributed by atoms with E-state index in [4.69, 9.17) is 0 Å². The minimum atomic E-state index is -0.863. The molecule has 10 nitrogen and oxygen atoms in total. The van der Waals surface area contributed by atoms with Crippen LogP contribution < -0.4 is 10.9 Å². The lowest BCUT2D eigenvalue weighted by molar-refractivity contribution is -0.152. The van der Waals surface area contributed by atoms with Crippen molar-refractivity contribution in [2.75, 3.05) is 13.1 Å². The van der Waals surface area contributed by atoms with Gasteiger partial charge in [-0.3, -0.25) is 39.6 Å². The van der Waals surface area contributed by atoms with Crippen molar-refractivity contribution in [1.29, 1.82) is 0 Å². The topological polar surface area (TPSA) is 133 Å². The third-order valence-electron chi connectivity index (χ3n) is 7.33. The number of Topliss-reactive ketones (excluding diaryl/α,β-unsaturated/α-hetero) is 2. The van der Waals surface area contributed by atoms with Crippen LogP contribution in [-0.2, 0) is 28.8 Å². The SMILES string of the molecule is CCC(C)(C)C(=O)C(=O)N1CCC[C@H]1C(=O)NNC(=O)[C@@H]1CCCN1C(=O)C(=O)C(C)(C)CC. The zero-order chi connectivity index (χ0) is 25.8. The summed E-state index contributed by atoms with van der Waals surface area (Å²) < 4.78 is 0. The highest BCUT2D eigenvalue weighted by Gasteiger charge is 2.43. The van der Waals surface area contributed by atoms with E-state index < -0.39 is 58.1 Å². The van der Waals surface area contributed by atoms with Gasteiger partial charge in [0.25, 0.3) is 23.6 Å². The van der Waals surface area contributed by atoms with Gasteiger partial charge >= 0.3 is 0 Å². The lowest BCUT2D eigenvalue weighted by atomic mass is 9.84. The average molecular weight is 479 g/mol. The van der Waals surface area contributed by atoms with E-state index in [1.54, 1.807) is 27.7 Å². The summed E-state index contributed by atoms with van der Waals surface area (Å²) in [6, 6.07) is -1.73. The third-order valence-corrected chi connectivity index (χ3v) is 7.33. The summed E-state index contributed by atoms with van der Waals surface area (Å²) in [6.45, 7) is 11.0. The summed E-state index contributed by atoms with van der Waals surface area (Å²) in [6.07, 6.45) is 2.87. The Kier molecular flexibility index (Phi) is 8.60. The van der Waals surface area contributed by atoms with Crippen LogP contribution in [0.5, 0.6) is 0 Å². The summed E-state index contributed by atoms with van der Waals surface area (Å²) >= 11 is 0. The van der Waals surface area contributed by atoms with Gasteiger partial charge in [-0.2, -0.15) is 0 Å². The van der Waals surface area contributed by atoms with E-state index in [2.05, 4.69) is 10.9 Å². The van der Waals surface area contributed by atoms with Crippen molar-refractivity contribution < 1.29 is 28.8 Å². The van der Waals surface area contributed by atoms with Crippen LogP contribution in [0.2, 0.25) is 0 Å². The molecule has 2 rings (SSSR count). The summed E-state index contributed by atoms with van der Waals surface area (Å²) in [4.78, 5) is 78.7. The van der Waals surface area contributed by atoms with Crippen LogP contribution in [0.25, 0.3) is 0 Å². The maximum absolute atomic E-state index is 12.7. The first-order chi connectivity index (χ1) is 15.8. The van der Waals surface area contributed by atoms with Crippen molar-refractivity contribution in [2.24, 2.45) is 10.8 Å². The fourth-order valence-electron chi connectivity index (χ4n) is 4.02. The number of hydrogen-bond acceptors (Lipinski definition) is 6. The Balaban J connectivity index is 2.00. The number of ketones is 2. The minimum Gasteiger partial charge on any atom is -0.324 e. The van der Waals surface area contributed by atoms with Gasteiger partial charge < -0.3 is 9.80 Å². The maximum atomic E-state index is 12.7. The molecule has 2 fully saturated rings. The normalized spacial score (nSPS) is 20.8. The summed E-state index contributed by atoms with van der Waals surface area (Å²) in [5.74, 6) is -3.67. The van der Waals surface area contributed by atoms with E-state index >= 15 is 0 Å². The molecular formula is C24H38N4O6. The fourth-order valence-corrected chi connectivity index (χ4v) is 4.02. The van der Waals surface area contributed by atoms with Crippen LogP contribution >= 0.6 is 0 Å². The highest BCUT2D eigenvalue weighted by atomic mass is 16.2. The first-order valence-corrected chi connectivity index (χ1v) is 12.1. The number of nitrogens with one attached hydrogen (secondary N) is 2. The number of hydrogen-bond donors (Lipinski definition) is 2. The molecule has 0 aromatic rings. The van der Waals surface area contributed by atoms with E-state index in [9.17, 15) is 28.8 Å². The molecule has 0 spiro atoms. The van der Waals surface area contributed by atoms with E-state index in [0.29, 0.717) is 38.5 Å². The summed E-state index contributed by atoms with van der Waals surface area (Å²) in [7, 11) is 0. The Morgan fingerprint density at radius 1 is 0.676 bits per heavy atom. The number of carbonyl (C=O) groups is 6. The molecule has 2 atom stereocenters. The number of carbonyl (C=O) groups excluding carboxylic acids is 6. The molecule has 190 valence electrons. The molecule has 0 aliphatic carbocycles. The summed E-state index contributed by atoms with van der Waals surface area (Å²) in [5.41, 5.74) is 3.04. The Morgan fingerprint density at radius 3 is 1.29 bits per heavy atom. The van der Waals surface area contributed by atoms with Crippen LogP contribution in [0.4, 0.5) is 0 Å². The number of nitrogens with zero attached hydrogens (tertiary/aromatic N) is 2. The van der Waals surface area contributed by atoms with E-state index in [1.807, 2.05) is 13.8 Å². The number of rotatable bonds is 8. The number of hydrazine groups is 1. The monoisotopic (exact) mass is 478 g/mol. The van der Waals surface area contributed by atoms with Gasteiger partial charge in [-0.05, 0) is 38.5 Å². The second kappa shape index (κ2) is 10.7. The van der Waals surface area contributed by atoms with E-state index in [-0.39, 0.29) is 13.1 Å². The highest BCUT2D eigenvalue weighted by Crippen LogP contribution is 2.27. The van der Waals surface area contributed by atoms with Gasteiger partial charge in [-0.25, -0.2) is 0 Å². The molecule has 0 aromatic carbocycles. The Hall–Kier alpha value is -2.78. The van der Waals surface area contributed by atoms with Crippen LogP contribution in [0.15, 0.2) is 0 Å². The van der Waals surface area contributed by atoms with Gasteiger partial charge in [-0.15, -0.1) is 0 Å². The molecule has 0 bridgehead atoms. The second-order valence-corrected chi connectivity index (χ2v) is 10.4. The Morgan fingerprint density at radius 2 is 1.00 bits per heavy atom. The van der Waals surface area contributed by atoms with Gasteiger partial charge in [0, 0.05) is 23.9 Å². The largest absolute Gasteiger partial charge is 0.324 e. The van der Waals surface area contributed by atoms with Gasteiger partial charge in [-0.1, -0.05) is 41.5 Å². The smallest absolute Gasteiger partial charge is 0.291 e. The second-order valence-electron chi connectivity index (χ2n) is 10.4. The van der Waals surface area contributed by atoms with Crippen molar-refractivity contribution in [2.45, 2.75) is 92.2 Å². The highest BCUT2D eigenvalue weighted by molar-refractivity contribution is 6.38. The van der Waals surface area contributed by atoms with Gasteiger partial charge in [0.1, 0.15) is 12.1 Å². The third kappa shape index (κ3) is 5.64. The van der Waals surface area contributed by atoms with Crippen molar-refractivity contribution >= 4 is 35.2 Å². The van der Waals surface area contributed by atoms with E-state index in [0.717, 1.165) is 0 Å². The summed E-state index contributed by atoms with van der Waals surface area (Å²) in [5, 5.41) is 0. The lowest BCUT2D eigenvalue weighted by Crippen LogP contribution is -2.57. The molecule has 0 radical (unpaired) electrons. The lowest BCUT2D eigenvalue weighted by Gasteiger charge is -2.29. The molecular weight excluding hydrogens is 440 g/mol. The molecule has 0 aromatic heterocycles. The maximum Gasteiger partial charge on any atom is 0.291 e. The first kappa shape index (κ1) is 27.5. The quantitative estimate of drug-likeness (QED) is 0.397. The van der Waals surface area contributed by atoms with Crippen LogP contribution in [0.3, 0.4) is 0 Å². The number of amides is 4.